The molecule has 7 nitrogen and oxygen atoms in total. The van der Waals surface area contributed by atoms with Gasteiger partial charge in [-0.15, -0.1) is 0 Å². The van der Waals surface area contributed by atoms with E-state index in [1.807, 2.05) is 44.2 Å². The Bertz CT molecular complexity index is 977. The largest absolute Gasteiger partial charge is 0.457 e. The van der Waals surface area contributed by atoms with Crippen molar-refractivity contribution in [3.8, 4) is 0 Å². The van der Waals surface area contributed by atoms with Crippen molar-refractivity contribution in [2.45, 2.75) is 46.6 Å². The van der Waals surface area contributed by atoms with Crippen LogP contribution in [0.15, 0.2) is 30.3 Å². The van der Waals surface area contributed by atoms with Crippen LogP contribution in [-0.4, -0.2) is 49.1 Å². The molecule has 32 heavy (non-hydrogen) atoms. The predicted octanol–water partition coefficient (Wildman–Crippen LogP) is 3.48. The van der Waals surface area contributed by atoms with Crippen LogP contribution >= 0.6 is 0 Å². The number of methoxy groups -OCH3 is 1. The molecule has 1 fully saturated rings. The normalized spacial score (nSPS) is 15.9. The maximum atomic E-state index is 12.7. The zero-order valence-electron chi connectivity index (χ0n) is 19.3. The molecule has 1 aromatic carbocycles. The van der Waals surface area contributed by atoms with Crippen LogP contribution < -0.4 is 4.90 Å². The topological polar surface area (TPSA) is 77.8 Å². The van der Waals surface area contributed by atoms with Gasteiger partial charge in [0.05, 0.1) is 5.92 Å². The molecule has 0 saturated carbocycles. The first-order valence-corrected chi connectivity index (χ1v) is 11.1. The van der Waals surface area contributed by atoms with E-state index in [9.17, 15) is 14.4 Å². The Morgan fingerprint density at radius 3 is 2.53 bits per heavy atom. The summed E-state index contributed by atoms with van der Waals surface area (Å²) in [5.74, 6) is -1.42. The van der Waals surface area contributed by atoms with Crippen LogP contribution in [0, 0.1) is 19.8 Å². The summed E-state index contributed by atoms with van der Waals surface area (Å²) in [6.45, 7) is 7.28. The summed E-state index contributed by atoms with van der Waals surface area (Å²) in [4.78, 5) is 39.3. The van der Waals surface area contributed by atoms with E-state index in [-0.39, 0.29) is 31.3 Å². The monoisotopic (exact) mass is 440 g/mol. The van der Waals surface area contributed by atoms with Gasteiger partial charge in [-0.25, -0.2) is 0 Å². The van der Waals surface area contributed by atoms with E-state index < -0.39 is 11.9 Å². The van der Waals surface area contributed by atoms with E-state index in [4.69, 9.17) is 9.47 Å². The van der Waals surface area contributed by atoms with Gasteiger partial charge in [0.2, 0.25) is 11.7 Å². The van der Waals surface area contributed by atoms with Crippen LogP contribution in [0.2, 0.25) is 0 Å². The van der Waals surface area contributed by atoms with Crippen molar-refractivity contribution in [3.63, 3.8) is 0 Å². The molecule has 3 rings (SSSR count). The Hall–Kier alpha value is -2.93. The van der Waals surface area contributed by atoms with Crippen molar-refractivity contribution in [3.05, 3.63) is 52.8 Å². The minimum atomic E-state index is -0.567. The number of nitrogens with zero attached hydrogens (tertiary/aromatic N) is 2. The number of aryl methyl sites for hydroxylation is 2. The summed E-state index contributed by atoms with van der Waals surface area (Å²) in [5, 5.41) is 0. The number of amides is 1. The molecule has 1 aliphatic rings. The molecule has 1 amide bonds. The van der Waals surface area contributed by atoms with Crippen molar-refractivity contribution in [1.82, 2.24) is 4.57 Å². The molecule has 1 atom stereocenters. The maximum Gasteiger partial charge on any atom is 0.311 e. The highest BCUT2D eigenvalue weighted by Crippen LogP contribution is 2.26. The van der Waals surface area contributed by atoms with E-state index in [0.717, 1.165) is 36.5 Å². The lowest BCUT2D eigenvalue weighted by Gasteiger charge is -2.17. The van der Waals surface area contributed by atoms with Crippen molar-refractivity contribution < 1.29 is 23.9 Å². The molecule has 172 valence electrons. The first-order valence-electron chi connectivity index (χ1n) is 11.1. The minimum Gasteiger partial charge on any atom is -0.457 e. The number of carbonyl (C=O) groups excluding carboxylic acids is 3. The summed E-state index contributed by atoms with van der Waals surface area (Å²) in [5.41, 5.74) is 4.37. The minimum absolute atomic E-state index is 0.0938. The number of ketones is 1. The van der Waals surface area contributed by atoms with Gasteiger partial charge in [0.25, 0.3) is 0 Å². The van der Waals surface area contributed by atoms with Crippen LogP contribution in [0.25, 0.3) is 0 Å². The van der Waals surface area contributed by atoms with Gasteiger partial charge in [0, 0.05) is 55.9 Å². The highest BCUT2D eigenvalue weighted by Gasteiger charge is 2.36. The summed E-state index contributed by atoms with van der Waals surface area (Å²) in [7, 11) is 1.66. The Morgan fingerprint density at radius 2 is 1.88 bits per heavy atom. The highest BCUT2D eigenvalue weighted by molar-refractivity contribution is 6.01. The fraction of sp³-hybridized carbons (Fsp3) is 0.480. The number of anilines is 1. The Labute approximate surface area is 189 Å². The van der Waals surface area contributed by atoms with Crippen molar-refractivity contribution in [2.24, 2.45) is 5.92 Å². The average molecular weight is 441 g/mol. The molecule has 0 N–H and O–H groups in total. The lowest BCUT2D eigenvalue weighted by molar-refractivity contribution is -0.147. The quantitative estimate of drug-likeness (QED) is 0.321. The van der Waals surface area contributed by atoms with Gasteiger partial charge < -0.3 is 18.9 Å². The first kappa shape index (κ1) is 23.7. The Kier molecular flexibility index (Phi) is 7.85. The number of Topliss-reactive ketones (excluding diaryl/α,β-unsaturated/α-hetero) is 1. The zero-order chi connectivity index (χ0) is 23.3. The van der Waals surface area contributed by atoms with Crippen LogP contribution in [-0.2, 0) is 32.0 Å². The molecule has 0 radical (unpaired) electrons. The molecule has 1 saturated heterocycles. The molecule has 0 aliphatic carbocycles. The SMILES string of the molecule is CCc1ccc(N2CC(C(=O)OCC(=O)c3cc(C)n(CCCOC)c3C)CC2=O)cc1. The number of ether oxygens (including phenoxy) is 2. The summed E-state index contributed by atoms with van der Waals surface area (Å²) in [6, 6.07) is 9.60. The van der Waals surface area contributed by atoms with E-state index >= 15 is 0 Å². The summed E-state index contributed by atoms with van der Waals surface area (Å²) >= 11 is 0. The molecule has 0 bridgehead atoms. The van der Waals surface area contributed by atoms with Crippen LogP contribution in [0.5, 0.6) is 0 Å². The van der Waals surface area contributed by atoms with Gasteiger partial charge in [-0.05, 0) is 50.5 Å². The standard InChI is InChI=1S/C25H32N2O5/c1-5-19-7-9-21(10-8-19)27-15-20(14-24(27)29)25(30)32-16-23(28)22-13-17(2)26(18(22)3)11-6-12-31-4/h7-10,13,20H,5-6,11-12,14-16H2,1-4H3. The van der Waals surface area contributed by atoms with E-state index in [2.05, 4.69) is 11.5 Å². The fourth-order valence-electron chi connectivity index (χ4n) is 4.15. The number of hydrogen-bond acceptors (Lipinski definition) is 5. The Morgan fingerprint density at radius 1 is 1.16 bits per heavy atom. The molecular formula is C25H32N2O5. The fourth-order valence-corrected chi connectivity index (χ4v) is 4.15. The third-order valence-electron chi connectivity index (χ3n) is 6.06. The molecule has 7 heteroatoms. The summed E-state index contributed by atoms with van der Waals surface area (Å²) in [6.07, 6.45) is 1.87. The van der Waals surface area contributed by atoms with E-state index in [0.29, 0.717) is 12.2 Å². The van der Waals surface area contributed by atoms with Gasteiger partial charge in [0.1, 0.15) is 0 Å². The molecule has 1 aromatic heterocycles. The highest BCUT2D eigenvalue weighted by atomic mass is 16.5. The molecule has 1 aliphatic heterocycles. The lowest BCUT2D eigenvalue weighted by Crippen LogP contribution is -2.27. The number of benzene rings is 1. The van der Waals surface area contributed by atoms with Crippen molar-refractivity contribution in [2.75, 3.05) is 31.8 Å². The Balaban J connectivity index is 1.57. The number of esters is 1. The van der Waals surface area contributed by atoms with Crippen LogP contribution in [0.1, 0.15) is 47.1 Å². The van der Waals surface area contributed by atoms with Crippen LogP contribution in [0.4, 0.5) is 5.69 Å². The molecular weight excluding hydrogens is 408 g/mol. The number of carbonyl (C=O) groups is 3. The molecule has 0 spiro atoms. The summed E-state index contributed by atoms with van der Waals surface area (Å²) < 4.78 is 12.5. The average Bonchev–Trinajstić information content (AvgIpc) is 3.32. The second-order valence-corrected chi connectivity index (χ2v) is 8.24. The second-order valence-electron chi connectivity index (χ2n) is 8.24. The van der Waals surface area contributed by atoms with Gasteiger partial charge in [-0.2, -0.15) is 0 Å². The van der Waals surface area contributed by atoms with Crippen molar-refractivity contribution >= 4 is 23.3 Å². The maximum absolute atomic E-state index is 12.7. The number of hydrogen-bond donors (Lipinski definition) is 0. The molecule has 2 aromatic rings. The first-order chi connectivity index (χ1) is 15.3. The van der Waals surface area contributed by atoms with E-state index in [1.165, 1.54) is 5.56 Å². The zero-order valence-corrected chi connectivity index (χ0v) is 19.3. The van der Waals surface area contributed by atoms with Gasteiger partial charge in [-0.3, -0.25) is 14.4 Å². The van der Waals surface area contributed by atoms with Crippen LogP contribution in [0.3, 0.4) is 0 Å². The number of rotatable bonds is 10. The van der Waals surface area contributed by atoms with E-state index in [1.54, 1.807) is 12.0 Å². The van der Waals surface area contributed by atoms with Gasteiger partial charge >= 0.3 is 5.97 Å². The van der Waals surface area contributed by atoms with Gasteiger partial charge in [-0.1, -0.05) is 19.1 Å². The lowest BCUT2D eigenvalue weighted by atomic mass is 10.1. The third-order valence-corrected chi connectivity index (χ3v) is 6.06. The van der Waals surface area contributed by atoms with Crippen molar-refractivity contribution in [1.29, 1.82) is 0 Å². The van der Waals surface area contributed by atoms with Gasteiger partial charge in [0.15, 0.2) is 6.61 Å². The predicted molar refractivity (Wildman–Crippen MR) is 122 cm³/mol. The molecule has 1 unspecified atom stereocenters. The number of aromatic nitrogens is 1. The smallest absolute Gasteiger partial charge is 0.311 e. The third kappa shape index (κ3) is 5.27. The molecule has 2 heterocycles. The second kappa shape index (κ2) is 10.6.